The van der Waals surface area contributed by atoms with E-state index < -0.39 is 21.4 Å². The normalized spacial score (nSPS) is 11.2. The SMILES string of the molecule is Nc1ccc(C(=O)CS(=O)(=O)c2ccccc2N)cc1. The Hall–Kier alpha value is -2.34. The lowest BCUT2D eigenvalue weighted by Gasteiger charge is -2.07. The van der Waals surface area contributed by atoms with Crippen LogP contribution in [0.2, 0.25) is 0 Å². The Morgan fingerprint density at radius 2 is 1.55 bits per heavy atom. The molecular weight excluding hydrogens is 276 g/mol. The van der Waals surface area contributed by atoms with Crippen molar-refractivity contribution in [2.75, 3.05) is 17.2 Å². The summed E-state index contributed by atoms with van der Waals surface area (Å²) in [5, 5.41) is 0. The highest BCUT2D eigenvalue weighted by Gasteiger charge is 2.22. The van der Waals surface area contributed by atoms with Gasteiger partial charge in [0, 0.05) is 11.3 Å². The molecule has 0 aliphatic carbocycles. The number of sulfone groups is 1. The molecule has 6 heteroatoms. The number of rotatable bonds is 4. The van der Waals surface area contributed by atoms with Crippen LogP contribution >= 0.6 is 0 Å². The van der Waals surface area contributed by atoms with Crippen molar-refractivity contribution in [2.45, 2.75) is 4.90 Å². The van der Waals surface area contributed by atoms with Crippen molar-refractivity contribution in [1.82, 2.24) is 0 Å². The van der Waals surface area contributed by atoms with Gasteiger partial charge in [-0.15, -0.1) is 0 Å². The van der Waals surface area contributed by atoms with Gasteiger partial charge in [-0.05, 0) is 36.4 Å². The topological polar surface area (TPSA) is 103 Å². The minimum atomic E-state index is -3.75. The van der Waals surface area contributed by atoms with Gasteiger partial charge in [0.2, 0.25) is 0 Å². The van der Waals surface area contributed by atoms with Crippen LogP contribution in [0.25, 0.3) is 0 Å². The van der Waals surface area contributed by atoms with E-state index in [0.29, 0.717) is 11.3 Å². The van der Waals surface area contributed by atoms with Crippen LogP contribution in [-0.2, 0) is 9.84 Å². The summed E-state index contributed by atoms with van der Waals surface area (Å²) in [5.74, 6) is -1.11. The number of ketones is 1. The van der Waals surface area contributed by atoms with Crippen LogP contribution in [0.5, 0.6) is 0 Å². The van der Waals surface area contributed by atoms with Gasteiger partial charge in [-0.1, -0.05) is 12.1 Å². The van der Waals surface area contributed by atoms with Crippen molar-refractivity contribution in [3.8, 4) is 0 Å². The highest BCUT2D eigenvalue weighted by atomic mass is 32.2. The first-order chi connectivity index (χ1) is 9.40. The molecule has 0 saturated heterocycles. The summed E-state index contributed by atoms with van der Waals surface area (Å²) in [4.78, 5) is 12.0. The minimum Gasteiger partial charge on any atom is -0.399 e. The first-order valence-corrected chi connectivity index (χ1v) is 7.51. The molecule has 0 spiro atoms. The van der Waals surface area contributed by atoms with Gasteiger partial charge < -0.3 is 11.5 Å². The highest BCUT2D eigenvalue weighted by Crippen LogP contribution is 2.20. The lowest BCUT2D eigenvalue weighted by molar-refractivity contribution is 0.102. The smallest absolute Gasteiger partial charge is 0.187 e. The molecule has 2 rings (SSSR count). The average Bonchev–Trinajstić information content (AvgIpc) is 2.39. The number of hydrogen-bond acceptors (Lipinski definition) is 5. The van der Waals surface area contributed by atoms with E-state index in [1.807, 2.05) is 0 Å². The van der Waals surface area contributed by atoms with Crippen molar-refractivity contribution in [1.29, 1.82) is 0 Å². The summed E-state index contributed by atoms with van der Waals surface area (Å²) in [6.45, 7) is 0. The van der Waals surface area contributed by atoms with Crippen LogP contribution in [0.1, 0.15) is 10.4 Å². The van der Waals surface area contributed by atoms with E-state index in [-0.39, 0.29) is 10.6 Å². The Morgan fingerprint density at radius 3 is 2.15 bits per heavy atom. The molecule has 0 bridgehead atoms. The molecule has 4 N–H and O–H groups in total. The van der Waals surface area contributed by atoms with Crippen molar-refractivity contribution >= 4 is 27.0 Å². The van der Waals surface area contributed by atoms with Gasteiger partial charge in [-0.2, -0.15) is 0 Å². The molecule has 2 aromatic carbocycles. The fraction of sp³-hybridized carbons (Fsp3) is 0.0714. The van der Waals surface area contributed by atoms with Crippen LogP contribution in [-0.4, -0.2) is 20.0 Å². The van der Waals surface area contributed by atoms with Gasteiger partial charge in [0.25, 0.3) is 0 Å². The third-order valence-corrected chi connectivity index (χ3v) is 4.49. The predicted octanol–water partition coefficient (Wildman–Crippen LogP) is 1.51. The zero-order valence-electron chi connectivity index (χ0n) is 10.6. The number of Topliss-reactive ketones (excluding diaryl/α,β-unsaturated/α-hetero) is 1. The summed E-state index contributed by atoms with van der Waals surface area (Å²) in [5.41, 5.74) is 12.1. The maximum absolute atomic E-state index is 12.2. The summed E-state index contributed by atoms with van der Waals surface area (Å²) in [6.07, 6.45) is 0. The van der Waals surface area contributed by atoms with Crippen LogP contribution in [0.15, 0.2) is 53.4 Å². The fourth-order valence-electron chi connectivity index (χ4n) is 1.77. The van der Waals surface area contributed by atoms with Gasteiger partial charge in [0.1, 0.15) is 5.75 Å². The van der Waals surface area contributed by atoms with Gasteiger partial charge >= 0.3 is 0 Å². The van der Waals surface area contributed by atoms with Crippen molar-refractivity contribution in [3.63, 3.8) is 0 Å². The Bertz CT molecular complexity index is 737. The first-order valence-electron chi connectivity index (χ1n) is 5.86. The predicted molar refractivity (Wildman–Crippen MR) is 78.1 cm³/mol. The number of nitrogen functional groups attached to an aromatic ring is 2. The maximum Gasteiger partial charge on any atom is 0.187 e. The van der Waals surface area contributed by atoms with Crippen LogP contribution in [0.4, 0.5) is 11.4 Å². The van der Waals surface area contributed by atoms with E-state index in [1.165, 1.54) is 24.3 Å². The quantitative estimate of drug-likeness (QED) is 0.656. The summed E-state index contributed by atoms with van der Waals surface area (Å²) in [7, 11) is -3.75. The molecule has 0 fully saturated rings. The molecule has 104 valence electrons. The van der Waals surface area contributed by atoms with Gasteiger partial charge in [-0.3, -0.25) is 4.79 Å². The third kappa shape index (κ3) is 2.97. The van der Waals surface area contributed by atoms with E-state index in [0.717, 1.165) is 0 Å². The third-order valence-electron chi connectivity index (χ3n) is 2.81. The van der Waals surface area contributed by atoms with Gasteiger partial charge in [0.15, 0.2) is 15.6 Å². The highest BCUT2D eigenvalue weighted by molar-refractivity contribution is 7.92. The second-order valence-electron chi connectivity index (χ2n) is 4.34. The molecule has 0 aliphatic heterocycles. The number of hydrogen-bond donors (Lipinski definition) is 2. The second-order valence-corrected chi connectivity index (χ2v) is 6.30. The van der Waals surface area contributed by atoms with Gasteiger partial charge in [-0.25, -0.2) is 8.42 Å². The number of nitrogens with two attached hydrogens (primary N) is 2. The van der Waals surface area contributed by atoms with Crippen LogP contribution in [0.3, 0.4) is 0 Å². The van der Waals surface area contributed by atoms with E-state index in [9.17, 15) is 13.2 Å². The van der Waals surface area contributed by atoms with Crippen molar-refractivity contribution in [3.05, 3.63) is 54.1 Å². The fourth-order valence-corrected chi connectivity index (χ4v) is 3.15. The Labute approximate surface area is 117 Å². The molecule has 0 heterocycles. The van der Waals surface area contributed by atoms with Crippen molar-refractivity contribution in [2.24, 2.45) is 0 Å². The number of anilines is 2. The average molecular weight is 290 g/mol. The molecule has 0 aliphatic rings. The lowest BCUT2D eigenvalue weighted by Crippen LogP contribution is -2.17. The zero-order valence-corrected chi connectivity index (χ0v) is 11.4. The molecule has 0 saturated carbocycles. The van der Waals surface area contributed by atoms with E-state index in [2.05, 4.69) is 0 Å². The summed E-state index contributed by atoms with van der Waals surface area (Å²) in [6, 6.07) is 12.2. The van der Waals surface area contributed by atoms with Crippen LogP contribution < -0.4 is 11.5 Å². The molecular formula is C14H14N2O3S. The molecule has 0 atom stereocenters. The lowest BCUT2D eigenvalue weighted by atomic mass is 10.1. The minimum absolute atomic E-state index is 0.0243. The maximum atomic E-state index is 12.2. The largest absolute Gasteiger partial charge is 0.399 e. The van der Waals surface area contributed by atoms with E-state index in [4.69, 9.17) is 11.5 Å². The number of benzene rings is 2. The Kier molecular flexibility index (Phi) is 3.76. The van der Waals surface area contributed by atoms with Crippen molar-refractivity contribution < 1.29 is 13.2 Å². The Morgan fingerprint density at radius 1 is 0.950 bits per heavy atom. The molecule has 0 amide bonds. The van der Waals surface area contributed by atoms with Crippen LogP contribution in [0, 0.1) is 0 Å². The zero-order chi connectivity index (χ0) is 14.8. The van der Waals surface area contributed by atoms with Gasteiger partial charge in [0.05, 0.1) is 10.6 Å². The van der Waals surface area contributed by atoms with E-state index >= 15 is 0 Å². The second kappa shape index (κ2) is 5.34. The van der Waals surface area contributed by atoms with E-state index in [1.54, 1.807) is 24.3 Å². The summed E-state index contributed by atoms with van der Waals surface area (Å²) < 4.78 is 24.4. The molecule has 0 aromatic heterocycles. The number of para-hydroxylation sites is 1. The molecule has 20 heavy (non-hydrogen) atoms. The molecule has 5 nitrogen and oxygen atoms in total. The Balaban J connectivity index is 2.27. The number of carbonyl (C=O) groups excluding carboxylic acids is 1. The number of carbonyl (C=O) groups is 1. The summed E-state index contributed by atoms with van der Waals surface area (Å²) >= 11 is 0. The molecule has 2 aromatic rings. The standard InChI is InChI=1S/C14H14N2O3S/c15-11-7-5-10(6-8-11)13(17)9-20(18,19)14-4-2-1-3-12(14)16/h1-8H,9,15-16H2. The monoisotopic (exact) mass is 290 g/mol. The first kappa shape index (κ1) is 14.1. The molecule has 0 unspecified atom stereocenters. The molecule has 0 radical (unpaired) electrons.